The first kappa shape index (κ1) is 23.0. The molecule has 2 N–H and O–H groups in total. The molecule has 0 aromatic heterocycles. The monoisotopic (exact) mass is 372 g/mol. The van der Waals surface area contributed by atoms with Crippen molar-refractivity contribution >= 4 is 5.97 Å². The van der Waals surface area contributed by atoms with Crippen molar-refractivity contribution in [3.8, 4) is 5.75 Å². The Morgan fingerprint density at radius 1 is 0.889 bits per heavy atom. The summed E-state index contributed by atoms with van der Waals surface area (Å²) in [5, 5.41) is 18.9. The largest absolute Gasteiger partial charge is 0.507 e. The zero-order valence-electron chi connectivity index (χ0n) is 16.8. The van der Waals surface area contributed by atoms with Crippen LogP contribution in [0.2, 0.25) is 0 Å². The van der Waals surface area contributed by atoms with Crippen LogP contribution in [0.3, 0.4) is 0 Å². The smallest absolute Gasteiger partial charge is 0.339 e. The van der Waals surface area contributed by atoms with Gasteiger partial charge in [-0.3, -0.25) is 0 Å². The van der Waals surface area contributed by atoms with Gasteiger partial charge >= 0.3 is 5.97 Å². The molecular weight excluding hydrogens is 336 g/mol. The molecule has 0 amide bonds. The molecule has 0 bridgehead atoms. The minimum absolute atomic E-state index is 0.0505. The predicted molar refractivity (Wildman–Crippen MR) is 114 cm³/mol. The maximum Gasteiger partial charge on any atom is 0.339 e. The molecule has 3 heteroatoms. The first-order chi connectivity index (χ1) is 13.2. The van der Waals surface area contributed by atoms with Crippen LogP contribution in [0.1, 0.15) is 93.5 Å². The van der Waals surface area contributed by atoms with Gasteiger partial charge in [0.2, 0.25) is 0 Å². The van der Waals surface area contributed by atoms with Gasteiger partial charge in [0.05, 0.1) is 0 Å². The summed E-state index contributed by atoms with van der Waals surface area (Å²) in [6.45, 7) is 2.25. The van der Waals surface area contributed by atoms with Gasteiger partial charge in [-0.25, -0.2) is 4.79 Å². The number of aromatic carboxylic acids is 1. The topological polar surface area (TPSA) is 57.5 Å². The number of carboxylic acids is 1. The number of hydrogen-bond acceptors (Lipinski definition) is 2. The lowest BCUT2D eigenvalue weighted by molar-refractivity contribution is 0.0692. The number of phenols is 1. The first-order valence-corrected chi connectivity index (χ1v) is 10.5. The van der Waals surface area contributed by atoms with E-state index in [1.165, 1.54) is 44.6 Å². The normalized spacial score (nSPS) is 11.6. The van der Waals surface area contributed by atoms with Crippen molar-refractivity contribution in [3.63, 3.8) is 0 Å². The van der Waals surface area contributed by atoms with Crippen LogP contribution in [0.25, 0.3) is 0 Å². The van der Waals surface area contributed by atoms with E-state index in [1.54, 1.807) is 12.1 Å². The van der Waals surface area contributed by atoms with Crippen LogP contribution in [0.5, 0.6) is 5.75 Å². The number of unbranched alkanes of at least 4 members (excludes halogenated alkanes) is 8. The van der Waals surface area contributed by atoms with E-state index in [-0.39, 0.29) is 11.3 Å². The van der Waals surface area contributed by atoms with Crippen molar-refractivity contribution in [1.82, 2.24) is 0 Å². The average Bonchev–Trinajstić information content (AvgIpc) is 2.64. The second-order valence-electron chi connectivity index (χ2n) is 7.10. The zero-order valence-corrected chi connectivity index (χ0v) is 16.8. The highest BCUT2D eigenvalue weighted by Gasteiger charge is 2.14. The van der Waals surface area contributed by atoms with Crippen molar-refractivity contribution in [2.75, 3.05) is 0 Å². The van der Waals surface area contributed by atoms with E-state index >= 15 is 0 Å². The Morgan fingerprint density at radius 3 is 2.15 bits per heavy atom. The summed E-state index contributed by atoms with van der Waals surface area (Å²) in [5.74, 6) is -1.20. The first-order valence-electron chi connectivity index (χ1n) is 10.5. The van der Waals surface area contributed by atoms with Gasteiger partial charge in [-0.05, 0) is 56.6 Å². The summed E-state index contributed by atoms with van der Waals surface area (Å²) in [5.41, 5.74) is 0.771. The molecule has 3 nitrogen and oxygen atoms in total. The maximum absolute atomic E-state index is 11.2. The van der Waals surface area contributed by atoms with Crippen LogP contribution in [0, 0.1) is 0 Å². The van der Waals surface area contributed by atoms with E-state index in [9.17, 15) is 15.0 Å². The number of aromatic hydroxyl groups is 1. The standard InChI is InChI=1S/C24H36O3/c1-2-3-4-5-6-7-8-9-10-11-12-13-14-15-16-18-21-19-17-20-22(25)23(21)24(26)27/h8-9,11-12,17,19-20,25H,2-7,10,13-16,18H2,1H3,(H,26,27)/b9-8-,12-11-. The molecule has 0 saturated carbocycles. The predicted octanol–water partition coefficient (Wildman–Crippen LogP) is 7.06. The molecule has 150 valence electrons. The number of allylic oxidation sites excluding steroid dienone is 4. The van der Waals surface area contributed by atoms with Crippen LogP contribution in [-0.4, -0.2) is 16.2 Å². The summed E-state index contributed by atoms with van der Waals surface area (Å²) in [4.78, 5) is 11.2. The Bertz CT molecular complexity index is 587. The van der Waals surface area contributed by atoms with E-state index in [0.717, 1.165) is 37.7 Å². The number of carboxylic acid groups (broad SMARTS) is 1. The number of aryl methyl sites for hydroxylation is 1. The summed E-state index contributed by atoms with van der Waals surface area (Å²) < 4.78 is 0. The van der Waals surface area contributed by atoms with E-state index in [2.05, 4.69) is 31.2 Å². The van der Waals surface area contributed by atoms with Crippen molar-refractivity contribution in [3.05, 3.63) is 53.6 Å². The number of benzene rings is 1. The molecular formula is C24H36O3. The quantitative estimate of drug-likeness (QED) is 0.256. The molecule has 27 heavy (non-hydrogen) atoms. The SMILES string of the molecule is CCCCCCC/C=C\C/C=C\CCCCCc1cccc(O)c1C(=O)O. The van der Waals surface area contributed by atoms with Gasteiger partial charge in [0.25, 0.3) is 0 Å². The molecule has 0 fully saturated rings. The summed E-state index contributed by atoms with van der Waals surface area (Å²) in [7, 11) is 0. The number of rotatable bonds is 15. The molecule has 0 aliphatic rings. The molecule has 0 saturated heterocycles. The Hall–Kier alpha value is -2.03. The van der Waals surface area contributed by atoms with Gasteiger partial charge in [-0.2, -0.15) is 0 Å². The van der Waals surface area contributed by atoms with Crippen molar-refractivity contribution in [1.29, 1.82) is 0 Å². The molecule has 0 unspecified atom stereocenters. The highest BCUT2D eigenvalue weighted by molar-refractivity contribution is 5.92. The minimum Gasteiger partial charge on any atom is -0.507 e. The summed E-state index contributed by atoms with van der Waals surface area (Å²) in [6.07, 6.45) is 22.8. The molecule has 0 aliphatic heterocycles. The second-order valence-corrected chi connectivity index (χ2v) is 7.10. The lowest BCUT2D eigenvalue weighted by Crippen LogP contribution is -2.03. The third-order valence-electron chi connectivity index (χ3n) is 4.74. The Morgan fingerprint density at radius 2 is 1.52 bits per heavy atom. The average molecular weight is 373 g/mol. The summed E-state index contributed by atoms with van der Waals surface area (Å²) in [6, 6.07) is 4.93. The Kier molecular flexibility index (Phi) is 12.8. The van der Waals surface area contributed by atoms with Crippen molar-refractivity contribution in [2.45, 2.75) is 84.0 Å². The Labute approximate surface area is 164 Å². The third-order valence-corrected chi connectivity index (χ3v) is 4.74. The highest BCUT2D eigenvalue weighted by Crippen LogP contribution is 2.22. The van der Waals surface area contributed by atoms with Gasteiger partial charge in [0.15, 0.2) is 0 Å². The van der Waals surface area contributed by atoms with Gasteiger partial charge in [0, 0.05) is 0 Å². The van der Waals surface area contributed by atoms with E-state index in [4.69, 9.17) is 0 Å². The molecule has 0 aliphatic carbocycles. The number of carbonyl (C=O) groups is 1. The van der Waals surface area contributed by atoms with Gasteiger partial charge in [-0.15, -0.1) is 0 Å². The number of hydrogen-bond donors (Lipinski definition) is 2. The van der Waals surface area contributed by atoms with Crippen molar-refractivity contribution < 1.29 is 15.0 Å². The van der Waals surface area contributed by atoms with Crippen LogP contribution < -0.4 is 0 Å². The minimum atomic E-state index is -1.06. The lowest BCUT2D eigenvalue weighted by Gasteiger charge is -2.07. The van der Waals surface area contributed by atoms with Crippen LogP contribution in [0.4, 0.5) is 0 Å². The molecule has 1 aromatic carbocycles. The molecule has 0 radical (unpaired) electrons. The lowest BCUT2D eigenvalue weighted by atomic mass is 10.00. The maximum atomic E-state index is 11.2. The van der Waals surface area contributed by atoms with E-state index in [1.807, 2.05) is 0 Å². The molecule has 1 rings (SSSR count). The fourth-order valence-corrected chi connectivity index (χ4v) is 3.17. The molecule has 0 atom stereocenters. The van der Waals surface area contributed by atoms with E-state index in [0.29, 0.717) is 6.42 Å². The highest BCUT2D eigenvalue weighted by atomic mass is 16.4. The fraction of sp³-hybridized carbons (Fsp3) is 0.542. The van der Waals surface area contributed by atoms with Crippen LogP contribution in [0.15, 0.2) is 42.5 Å². The van der Waals surface area contributed by atoms with Gasteiger partial charge in [0.1, 0.15) is 11.3 Å². The van der Waals surface area contributed by atoms with Crippen molar-refractivity contribution in [2.24, 2.45) is 0 Å². The summed E-state index contributed by atoms with van der Waals surface area (Å²) >= 11 is 0. The molecule has 0 heterocycles. The second kappa shape index (κ2) is 15.1. The van der Waals surface area contributed by atoms with Crippen LogP contribution >= 0.6 is 0 Å². The van der Waals surface area contributed by atoms with Gasteiger partial charge < -0.3 is 10.2 Å². The zero-order chi connectivity index (χ0) is 19.7. The van der Waals surface area contributed by atoms with Crippen LogP contribution in [-0.2, 0) is 6.42 Å². The molecule has 1 aromatic rings. The fourth-order valence-electron chi connectivity index (χ4n) is 3.17. The van der Waals surface area contributed by atoms with Gasteiger partial charge in [-0.1, -0.05) is 75.5 Å². The third kappa shape index (κ3) is 10.6. The Balaban J connectivity index is 2.07. The molecule has 0 spiro atoms. The van der Waals surface area contributed by atoms with E-state index < -0.39 is 5.97 Å².